The molecule has 3 heteroatoms. The van der Waals surface area contributed by atoms with Crippen LogP contribution < -0.4 is 0 Å². The van der Waals surface area contributed by atoms with Gasteiger partial charge in [-0.1, -0.05) is 104 Å². The molecule has 3 aliphatic carbocycles. The normalized spacial score (nSPS) is 25.9. The zero-order chi connectivity index (χ0) is 23.7. The average Bonchev–Trinajstić information content (AvgIpc) is 3.09. The molecule has 0 spiro atoms. The second-order valence-corrected chi connectivity index (χ2v) is 9.38. The summed E-state index contributed by atoms with van der Waals surface area (Å²) in [5, 5.41) is 0. The van der Waals surface area contributed by atoms with Crippen molar-refractivity contribution in [3.8, 4) is 0 Å². The third-order valence-corrected chi connectivity index (χ3v) is 8.44. The summed E-state index contributed by atoms with van der Waals surface area (Å²) >= 11 is 0. The second-order valence-electron chi connectivity index (χ2n) is 9.38. The van der Waals surface area contributed by atoms with Crippen molar-refractivity contribution in [2.75, 3.05) is 0 Å². The molecule has 0 N–H and O–H groups in total. The van der Waals surface area contributed by atoms with Crippen molar-refractivity contribution >= 4 is 0 Å². The first-order valence-electron chi connectivity index (χ1n) is 11.2. The first-order valence-corrected chi connectivity index (χ1v) is 11.2. The Hall–Kier alpha value is 1.52. The van der Waals surface area contributed by atoms with Gasteiger partial charge in [0.05, 0.1) is 0 Å². The number of hydrogen-bond acceptors (Lipinski definition) is 0. The van der Waals surface area contributed by atoms with Gasteiger partial charge in [0, 0.05) is 50.3 Å². The van der Waals surface area contributed by atoms with Gasteiger partial charge in [0.15, 0.2) is 0 Å². The van der Waals surface area contributed by atoms with Crippen molar-refractivity contribution < 1.29 is 50.3 Å². The van der Waals surface area contributed by atoms with Crippen LogP contribution in [0, 0.1) is 88.8 Å². The fourth-order valence-electron chi connectivity index (χ4n) is 4.22. The summed E-state index contributed by atoms with van der Waals surface area (Å²) in [6, 6.07) is 0. The molecule has 0 unspecified atom stereocenters. The van der Waals surface area contributed by atoms with Crippen molar-refractivity contribution in [2.24, 2.45) is 0 Å². The summed E-state index contributed by atoms with van der Waals surface area (Å²) in [5.41, 5.74) is 0. The van der Waals surface area contributed by atoms with Gasteiger partial charge in [-0.25, -0.2) is 0 Å². The summed E-state index contributed by atoms with van der Waals surface area (Å²) in [7, 11) is 0. The largest absolute Gasteiger partial charge is 0.0579 e. The van der Waals surface area contributed by atoms with E-state index in [0.717, 1.165) is 0 Å². The van der Waals surface area contributed by atoms with Crippen LogP contribution in [0.3, 0.4) is 0 Å². The van der Waals surface area contributed by atoms with Crippen LogP contribution in [0.25, 0.3) is 0 Å². The van der Waals surface area contributed by atoms with Crippen LogP contribution in [0.1, 0.15) is 104 Å². The van der Waals surface area contributed by atoms with Gasteiger partial charge in [0.25, 0.3) is 0 Å². The van der Waals surface area contributed by atoms with E-state index in [2.05, 4.69) is 104 Å². The Morgan fingerprint density at radius 3 is 0.212 bits per heavy atom. The summed E-state index contributed by atoms with van der Waals surface area (Å²) in [6.07, 6.45) is 0. The Labute approximate surface area is 241 Å². The van der Waals surface area contributed by atoms with E-state index in [0.29, 0.717) is 0 Å². The molecule has 0 aromatic rings. The molecule has 0 atom stereocenters. The van der Waals surface area contributed by atoms with E-state index in [1.165, 1.54) is 88.8 Å². The molecule has 0 nitrogen and oxygen atoms in total. The van der Waals surface area contributed by atoms with Crippen molar-refractivity contribution in [3.05, 3.63) is 88.8 Å². The standard InChI is InChI=1S/3C10H15.3Co/c3*1-6-7(2)9(4)10(5)8(6)3;;;/h3*1-5H3;;;. The van der Waals surface area contributed by atoms with Gasteiger partial charge in [-0.05, 0) is 88.8 Å². The van der Waals surface area contributed by atoms with E-state index in [9.17, 15) is 0 Å². The van der Waals surface area contributed by atoms with Gasteiger partial charge in [0.2, 0.25) is 0 Å². The quantitative estimate of drug-likeness (QED) is 0.268. The minimum absolute atomic E-state index is 0. The van der Waals surface area contributed by atoms with Gasteiger partial charge < -0.3 is 0 Å². The number of hydrogen-bond donors (Lipinski definition) is 0. The summed E-state index contributed by atoms with van der Waals surface area (Å²) < 4.78 is 0. The molecule has 0 aromatic heterocycles. The van der Waals surface area contributed by atoms with E-state index >= 15 is 0 Å². The van der Waals surface area contributed by atoms with Gasteiger partial charge in [-0.2, -0.15) is 0 Å². The molecule has 0 amide bonds. The average molecular weight is 582 g/mol. The molecule has 192 valence electrons. The maximum atomic E-state index is 2.20. The van der Waals surface area contributed by atoms with Crippen LogP contribution in [0.15, 0.2) is 0 Å². The van der Waals surface area contributed by atoms with Gasteiger partial charge >= 0.3 is 0 Å². The molecule has 3 aliphatic rings. The summed E-state index contributed by atoms with van der Waals surface area (Å²) in [6.45, 7) is 33.0. The molecular weight excluding hydrogens is 537 g/mol. The zero-order valence-electron chi connectivity index (χ0n) is 23.5. The van der Waals surface area contributed by atoms with E-state index in [-0.39, 0.29) is 50.3 Å². The molecule has 0 aromatic carbocycles. The zero-order valence-corrected chi connectivity index (χ0v) is 26.6. The maximum absolute atomic E-state index is 2.20. The van der Waals surface area contributed by atoms with Gasteiger partial charge in [-0.15, -0.1) is 0 Å². The number of rotatable bonds is 0. The molecule has 0 heterocycles. The van der Waals surface area contributed by atoms with Gasteiger partial charge in [-0.3, -0.25) is 0 Å². The van der Waals surface area contributed by atoms with Crippen LogP contribution in [-0.2, 0) is 50.3 Å². The van der Waals surface area contributed by atoms with Crippen LogP contribution in [0.4, 0.5) is 0 Å². The predicted octanol–water partition coefficient (Wildman–Crippen LogP) is 8.91. The molecular formula is C30H45Co3. The maximum Gasteiger partial charge on any atom is 0 e. The van der Waals surface area contributed by atoms with Crippen LogP contribution >= 0.6 is 0 Å². The Bertz CT molecular complexity index is 303. The minimum Gasteiger partial charge on any atom is -0.0579 e. The van der Waals surface area contributed by atoms with Gasteiger partial charge in [0.1, 0.15) is 0 Å². The van der Waals surface area contributed by atoms with Crippen molar-refractivity contribution in [1.29, 1.82) is 0 Å². The van der Waals surface area contributed by atoms with Crippen LogP contribution in [0.2, 0.25) is 0 Å². The SMILES string of the molecule is C[C]1[C](C)[C](C)[C](C)[C]1C.C[C]1[C](C)[C](C)[C](C)[C]1C.C[C]1[C](C)[C](C)[C](C)[C]1C.[Co].[Co].[Co]. The molecule has 18 radical (unpaired) electrons. The Balaban J connectivity index is -0.000000391. The summed E-state index contributed by atoms with van der Waals surface area (Å²) in [5.74, 6) is 22.0. The van der Waals surface area contributed by atoms with E-state index in [1.54, 1.807) is 0 Å². The third kappa shape index (κ3) is 8.80. The molecule has 0 aliphatic heterocycles. The molecule has 0 bridgehead atoms. The topological polar surface area (TPSA) is 0 Å². The minimum atomic E-state index is 0. The third-order valence-electron chi connectivity index (χ3n) is 8.44. The molecule has 3 saturated carbocycles. The van der Waals surface area contributed by atoms with Crippen molar-refractivity contribution in [1.82, 2.24) is 0 Å². The van der Waals surface area contributed by atoms with Crippen LogP contribution in [-0.4, -0.2) is 0 Å². The fourth-order valence-corrected chi connectivity index (χ4v) is 4.22. The molecule has 3 rings (SSSR count). The Morgan fingerprint density at radius 2 is 0.182 bits per heavy atom. The second kappa shape index (κ2) is 16.4. The van der Waals surface area contributed by atoms with E-state index < -0.39 is 0 Å². The van der Waals surface area contributed by atoms with E-state index in [4.69, 9.17) is 0 Å². The first-order chi connectivity index (χ1) is 13.7. The first kappa shape index (κ1) is 39.0. The Morgan fingerprint density at radius 1 is 0.152 bits per heavy atom. The Kier molecular flexibility index (Phi) is 19.4. The van der Waals surface area contributed by atoms with E-state index in [1.807, 2.05) is 0 Å². The smallest absolute Gasteiger partial charge is 0 e. The fraction of sp³-hybridized carbons (Fsp3) is 0.500. The monoisotopic (exact) mass is 582 g/mol. The predicted molar refractivity (Wildman–Crippen MR) is 134 cm³/mol. The summed E-state index contributed by atoms with van der Waals surface area (Å²) in [4.78, 5) is 0. The van der Waals surface area contributed by atoms with Crippen molar-refractivity contribution in [2.45, 2.75) is 104 Å². The molecule has 3 fully saturated rings. The molecule has 33 heavy (non-hydrogen) atoms. The van der Waals surface area contributed by atoms with Crippen LogP contribution in [0.5, 0.6) is 0 Å². The molecule has 0 saturated heterocycles. The van der Waals surface area contributed by atoms with Crippen molar-refractivity contribution in [3.63, 3.8) is 0 Å².